The molecule has 1 aliphatic heterocycles. The van der Waals surface area contributed by atoms with Crippen LogP contribution >= 0.6 is 11.8 Å². The van der Waals surface area contributed by atoms with Gasteiger partial charge in [0.1, 0.15) is 0 Å². The number of rotatable bonds is 3. The molecule has 1 fully saturated rings. The maximum Gasteiger partial charge on any atom is 0.411 e. The number of carbonyl (C=O) groups is 2. The van der Waals surface area contributed by atoms with Crippen molar-refractivity contribution < 1.29 is 14.3 Å². The summed E-state index contributed by atoms with van der Waals surface area (Å²) in [4.78, 5) is 23.0. The monoisotopic (exact) mass is 295 g/mol. The van der Waals surface area contributed by atoms with Crippen molar-refractivity contribution in [1.29, 1.82) is 0 Å². The van der Waals surface area contributed by atoms with Crippen molar-refractivity contribution >= 4 is 35.1 Å². The highest BCUT2D eigenvalue weighted by atomic mass is 32.2. The molecule has 0 bridgehead atoms. The van der Waals surface area contributed by atoms with Gasteiger partial charge in [-0.25, -0.2) is 4.79 Å². The molecule has 6 nitrogen and oxygen atoms in total. The third-order valence-electron chi connectivity index (χ3n) is 2.82. The van der Waals surface area contributed by atoms with Crippen LogP contribution in [0, 0.1) is 0 Å². The van der Waals surface area contributed by atoms with Crippen LogP contribution in [-0.4, -0.2) is 43.2 Å². The smallest absolute Gasteiger partial charge is 0.411 e. The number of hydrogen-bond acceptors (Lipinski definition) is 5. The van der Waals surface area contributed by atoms with Crippen LogP contribution < -0.4 is 16.0 Å². The number of carbonyl (C=O) groups excluding carboxylic acids is 2. The van der Waals surface area contributed by atoms with Gasteiger partial charge in [0, 0.05) is 29.4 Å². The molecule has 0 aromatic heterocycles. The van der Waals surface area contributed by atoms with Crippen LogP contribution in [0.4, 0.5) is 16.2 Å². The zero-order valence-electron chi connectivity index (χ0n) is 11.1. The zero-order chi connectivity index (χ0) is 14.4. The summed E-state index contributed by atoms with van der Waals surface area (Å²) in [5.41, 5.74) is 1.31. The highest BCUT2D eigenvalue weighted by Gasteiger charge is 2.20. The third-order valence-corrected chi connectivity index (χ3v) is 3.88. The fraction of sp³-hybridized carbons (Fsp3) is 0.385. The predicted octanol–water partition coefficient (Wildman–Crippen LogP) is 1.51. The first-order valence-corrected chi connectivity index (χ1v) is 7.41. The molecule has 20 heavy (non-hydrogen) atoms. The summed E-state index contributed by atoms with van der Waals surface area (Å²) in [5, 5.41) is 8.57. The van der Waals surface area contributed by atoms with Gasteiger partial charge in [0.2, 0.25) is 5.91 Å². The Morgan fingerprint density at radius 2 is 1.90 bits per heavy atom. The second-order valence-electron chi connectivity index (χ2n) is 4.26. The second-order valence-corrected chi connectivity index (χ2v) is 5.41. The number of hydrogen-bond donors (Lipinski definition) is 3. The molecule has 0 spiro atoms. The molecule has 0 radical (unpaired) electrons. The maximum atomic E-state index is 12.0. The fourth-order valence-corrected chi connectivity index (χ4v) is 2.70. The summed E-state index contributed by atoms with van der Waals surface area (Å²) < 4.78 is 4.50. The van der Waals surface area contributed by atoms with Gasteiger partial charge >= 0.3 is 6.09 Å². The van der Waals surface area contributed by atoms with E-state index in [9.17, 15) is 9.59 Å². The van der Waals surface area contributed by atoms with Crippen LogP contribution in [0.15, 0.2) is 24.3 Å². The van der Waals surface area contributed by atoms with Crippen LogP contribution in [-0.2, 0) is 9.53 Å². The molecule has 3 N–H and O–H groups in total. The van der Waals surface area contributed by atoms with Gasteiger partial charge in [-0.05, 0) is 24.3 Å². The Morgan fingerprint density at radius 1 is 1.25 bits per heavy atom. The Balaban J connectivity index is 1.89. The molecule has 2 amide bonds. The van der Waals surface area contributed by atoms with E-state index in [1.165, 1.54) is 7.11 Å². The summed E-state index contributed by atoms with van der Waals surface area (Å²) in [6, 6.07) is 6.73. The molecule has 1 unspecified atom stereocenters. The van der Waals surface area contributed by atoms with Crippen molar-refractivity contribution in [2.45, 2.75) is 6.04 Å². The Hall–Kier alpha value is -1.73. The van der Waals surface area contributed by atoms with E-state index in [0.29, 0.717) is 11.4 Å². The number of benzene rings is 1. The standard InChI is InChI=1S/C13H17N3O3S/c1-19-13(18)16-10-4-2-9(3-5-10)15-12(17)11-8-20-7-6-14-11/h2-5,11,14H,6-8H2,1H3,(H,15,17)(H,16,18). The predicted molar refractivity (Wildman–Crippen MR) is 80.2 cm³/mol. The third kappa shape index (κ3) is 4.14. The van der Waals surface area contributed by atoms with Gasteiger partial charge in [0.15, 0.2) is 0 Å². The van der Waals surface area contributed by atoms with E-state index in [0.717, 1.165) is 18.1 Å². The number of amides is 2. The van der Waals surface area contributed by atoms with Crippen molar-refractivity contribution in [2.75, 3.05) is 35.8 Å². The first kappa shape index (κ1) is 14.7. The lowest BCUT2D eigenvalue weighted by atomic mass is 10.2. The average molecular weight is 295 g/mol. The number of ether oxygens (including phenoxy) is 1. The number of nitrogens with one attached hydrogen (secondary N) is 3. The largest absolute Gasteiger partial charge is 0.453 e. The fourth-order valence-electron chi connectivity index (χ4n) is 1.77. The molecule has 1 atom stereocenters. The Kier molecular flexibility index (Phi) is 5.25. The van der Waals surface area contributed by atoms with Gasteiger partial charge in [-0.1, -0.05) is 0 Å². The minimum atomic E-state index is -0.523. The van der Waals surface area contributed by atoms with E-state index >= 15 is 0 Å². The van der Waals surface area contributed by atoms with Crippen LogP contribution in [0.2, 0.25) is 0 Å². The van der Waals surface area contributed by atoms with Crippen molar-refractivity contribution in [3.05, 3.63) is 24.3 Å². The van der Waals surface area contributed by atoms with E-state index in [2.05, 4.69) is 20.7 Å². The Morgan fingerprint density at radius 3 is 2.45 bits per heavy atom. The van der Waals surface area contributed by atoms with E-state index in [1.54, 1.807) is 36.0 Å². The normalized spacial score (nSPS) is 18.1. The molecular weight excluding hydrogens is 278 g/mol. The number of thioether (sulfide) groups is 1. The van der Waals surface area contributed by atoms with E-state index in [4.69, 9.17) is 0 Å². The maximum absolute atomic E-state index is 12.0. The summed E-state index contributed by atoms with van der Waals surface area (Å²) in [6.07, 6.45) is -0.523. The van der Waals surface area contributed by atoms with Gasteiger partial charge in [0.25, 0.3) is 0 Å². The number of methoxy groups -OCH3 is 1. The molecule has 108 valence electrons. The van der Waals surface area contributed by atoms with Gasteiger partial charge < -0.3 is 15.4 Å². The van der Waals surface area contributed by atoms with Crippen LogP contribution in [0.1, 0.15) is 0 Å². The van der Waals surface area contributed by atoms with Gasteiger partial charge in [-0.3, -0.25) is 10.1 Å². The lowest BCUT2D eigenvalue weighted by Crippen LogP contribution is -2.46. The van der Waals surface area contributed by atoms with Gasteiger partial charge in [-0.2, -0.15) is 11.8 Å². The molecule has 1 aromatic carbocycles. The minimum Gasteiger partial charge on any atom is -0.453 e. The first-order valence-electron chi connectivity index (χ1n) is 6.26. The van der Waals surface area contributed by atoms with E-state index < -0.39 is 6.09 Å². The summed E-state index contributed by atoms with van der Waals surface area (Å²) in [6.45, 7) is 0.852. The topological polar surface area (TPSA) is 79.5 Å². The van der Waals surface area contributed by atoms with Crippen molar-refractivity contribution in [1.82, 2.24) is 5.32 Å². The molecule has 1 saturated heterocycles. The quantitative estimate of drug-likeness (QED) is 0.787. The number of anilines is 2. The van der Waals surface area contributed by atoms with Gasteiger partial charge in [0.05, 0.1) is 13.2 Å². The summed E-state index contributed by atoms with van der Waals surface area (Å²) in [5.74, 6) is 1.79. The SMILES string of the molecule is COC(=O)Nc1ccc(NC(=O)C2CSCCN2)cc1. The van der Waals surface area contributed by atoms with E-state index in [1.807, 2.05) is 0 Å². The molecule has 2 rings (SSSR count). The molecule has 1 aliphatic rings. The van der Waals surface area contributed by atoms with Crippen LogP contribution in [0.5, 0.6) is 0 Å². The van der Waals surface area contributed by atoms with Crippen LogP contribution in [0.25, 0.3) is 0 Å². The van der Waals surface area contributed by atoms with Crippen molar-refractivity contribution in [3.8, 4) is 0 Å². The Bertz CT molecular complexity index is 472. The molecule has 0 aliphatic carbocycles. The van der Waals surface area contributed by atoms with E-state index in [-0.39, 0.29) is 11.9 Å². The lowest BCUT2D eigenvalue weighted by molar-refractivity contribution is -0.117. The van der Waals surface area contributed by atoms with Crippen molar-refractivity contribution in [3.63, 3.8) is 0 Å². The highest BCUT2D eigenvalue weighted by molar-refractivity contribution is 7.99. The first-order chi connectivity index (χ1) is 9.69. The molecule has 1 aromatic rings. The average Bonchev–Trinajstić information content (AvgIpc) is 2.50. The van der Waals surface area contributed by atoms with Gasteiger partial charge in [-0.15, -0.1) is 0 Å². The molecular formula is C13H17N3O3S. The molecule has 7 heteroatoms. The van der Waals surface area contributed by atoms with Crippen molar-refractivity contribution in [2.24, 2.45) is 0 Å². The summed E-state index contributed by atoms with van der Waals surface area (Å²) >= 11 is 1.77. The zero-order valence-corrected chi connectivity index (χ0v) is 12.0. The minimum absolute atomic E-state index is 0.0362. The second kappa shape index (κ2) is 7.16. The highest BCUT2D eigenvalue weighted by Crippen LogP contribution is 2.15. The Labute approximate surface area is 121 Å². The lowest BCUT2D eigenvalue weighted by Gasteiger charge is -2.22. The molecule has 1 heterocycles. The summed E-state index contributed by atoms with van der Waals surface area (Å²) in [7, 11) is 1.30. The van der Waals surface area contributed by atoms with Crippen LogP contribution in [0.3, 0.4) is 0 Å². The molecule has 0 saturated carbocycles.